The summed E-state index contributed by atoms with van der Waals surface area (Å²) in [5.41, 5.74) is 1.79. The van der Waals surface area contributed by atoms with Crippen molar-refractivity contribution in [1.82, 2.24) is 29.8 Å². The number of rotatable bonds is 5. The zero-order valence-corrected chi connectivity index (χ0v) is 14.6. The van der Waals surface area contributed by atoms with Crippen molar-refractivity contribution < 1.29 is 4.79 Å². The molecule has 0 radical (unpaired) electrons. The van der Waals surface area contributed by atoms with Crippen molar-refractivity contribution >= 4 is 11.7 Å². The van der Waals surface area contributed by atoms with E-state index in [-0.39, 0.29) is 11.7 Å². The van der Waals surface area contributed by atoms with Crippen molar-refractivity contribution in [2.45, 2.75) is 46.0 Å². The van der Waals surface area contributed by atoms with Crippen molar-refractivity contribution in [2.75, 3.05) is 26.2 Å². The largest absolute Gasteiger partial charge is 0.349 e. The van der Waals surface area contributed by atoms with Crippen LogP contribution in [0.3, 0.4) is 0 Å². The van der Waals surface area contributed by atoms with Crippen LogP contribution >= 0.6 is 0 Å². The van der Waals surface area contributed by atoms with Crippen LogP contribution in [0.4, 0.5) is 0 Å². The first-order valence-corrected chi connectivity index (χ1v) is 8.85. The molecule has 2 aromatic heterocycles. The van der Waals surface area contributed by atoms with E-state index in [0.717, 1.165) is 24.4 Å². The first-order chi connectivity index (χ1) is 11.6. The Bertz CT molecular complexity index is 702. The fourth-order valence-corrected chi connectivity index (χ4v) is 3.21. The van der Waals surface area contributed by atoms with Crippen LogP contribution in [0.15, 0.2) is 6.07 Å². The minimum atomic E-state index is -0.228. The Morgan fingerprint density at radius 1 is 1.17 bits per heavy atom. The van der Waals surface area contributed by atoms with Crippen molar-refractivity contribution in [3.8, 4) is 0 Å². The topological polar surface area (TPSA) is 75.4 Å². The molecule has 2 aromatic rings. The zero-order valence-electron chi connectivity index (χ0n) is 14.6. The molecule has 0 saturated carbocycles. The lowest BCUT2D eigenvalue weighted by molar-refractivity contribution is 0.0941. The van der Waals surface area contributed by atoms with E-state index in [1.165, 1.54) is 38.8 Å². The van der Waals surface area contributed by atoms with Gasteiger partial charge in [0.25, 0.3) is 11.7 Å². The van der Waals surface area contributed by atoms with Crippen LogP contribution in [-0.2, 0) is 0 Å². The number of fused-ring (bicyclic) bond motifs is 1. The molecular weight excluding hydrogens is 304 g/mol. The van der Waals surface area contributed by atoms with Gasteiger partial charge in [-0.2, -0.15) is 4.98 Å². The molecular formula is C17H26N6O. The maximum Gasteiger partial charge on any atom is 0.291 e. The van der Waals surface area contributed by atoms with E-state index in [1.807, 2.05) is 19.9 Å². The molecule has 0 bridgehead atoms. The quantitative estimate of drug-likeness (QED) is 0.845. The number of carbonyl (C=O) groups is 1. The van der Waals surface area contributed by atoms with Crippen LogP contribution in [0, 0.1) is 13.8 Å². The number of hydrogen-bond acceptors (Lipinski definition) is 5. The molecule has 3 heterocycles. The predicted molar refractivity (Wildman–Crippen MR) is 92.1 cm³/mol. The summed E-state index contributed by atoms with van der Waals surface area (Å²) in [7, 11) is 0. The number of aromatic nitrogens is 4. The number of aryl methyl sites for hydroxylation is 2. The van der Waals surface area contributed by atoms with E-state index in [1.54, 1.807) is 4.52 Å². The summed E-state index contributed by atoms with van der Waals surface area (Å²) >= 11 is 0. The van der Waals surface area contributed by atoms with Gasteiger partial charge in [-0.1, -0.05) is 12.8 Å². The van der Waals surface area contributed by atoms with E-state index >= 15 is 0 Å². The average Bonchev–Trinajstić information content (AvgIpc) is 2.81. The highest BCUT2D eigenvalue weighted by Gasteiger charge is 2.15. The maximum absolute atomic E-state index is 12.2. The molecule has 0 aliphatic carbocycles. The number of carbonyl (C=O) groups excluding carboxylic acids is 1. The van der Waals surface area contributed by atoms with Gasteiger partial charge in [0, 0.05) is 17.9 Å². The average molecular weight is 330 g/mol. The highest BCUT2D eigenvalue weighted by Crippen LogP contribution is 2.09. The Morgan fingerprint density at radius 2 is 1.92 bits per heavy atom. The molecule has 1 aliphatic heterocycles. The van der Waals surface area contributed by atoms with Crippen molar-refractivity contribution in [1.29, 1.82) is 0 Å². The first-order valence-electron chi connectivity index (χ1n) is 8.85. The van der Waals surface area contributed by atoms with Gasteiger partial charge in [0.2, 0.25) is 5.82 Å². The van der Waals surface area contributed by atoms with Gasteiger partial charge in [-0.3, -0.25) is 4.79 Å². The molecule has 1 fully saturated rings. The normalized spacial score (nSPS) is 16.2. The smallest absolute Gasteiger partial charge is 0.291 e. The second-order valence-corrected chi connectivity index (χ2v) is 6.55. The maximum atomic E-state index is 12.2. The Kier molecular flexibility index (Phi) is 5.40. The van der Waals surface area contributed by atoms with Crippen molar-refractivity contribution in [3.63, 3.8) is 0 Å². The lowest BCUT2D eigenvalue weighted by Gasteiger charge is -2.19. The molecule has 7 heteroatoms. The summed E-state index contributed by atoms with van der Waals surface area (Å²) in [5.74, 6) is 0.432. The lowest BCUT2D eigenvalue weighted by atomic mass is 10.2. The molecule has 1 saturated heterocycles. The third-order valence-electron chi connectivity index (χ3n) is 4.46. The van der Waals surface area contributed by atoms with Crippen LogP contribution in [0.1, 0.15) is 54.1 Å². The summed E-state index contributed by atoms with van der Waals surface area (Å²) < 4.78 is 1.61. The first kappa shape index (κ1) is 16.8. The standard InChI is InChI=1S/C17H26N6O/c1-13-12-14(2)23-17(19-13)20-15(21-23)16(24)18-8-7-11-22-9-5-3-4-6-10-22/h12H,3-11H2,1-2H3,(H,18,24). The van der Waals surface area contributed by atoms with Gasteiger partial charge < -0.3 is 10.2 Å². The highest BCUT2D eigenvalue weighted by molar-refractivity contribution is 5.90. The molecule has 0 unspecified atom stereocenters. The Hall–Kier alpha value is -2.02. The van der Waals surface area contributed by atoms with E-state index in [2.05, 4.69) is 25.3 Å². The fraction of sp³-hybridized carbons (Fsp3) is 0.647. The Morgan fingerprint density at radius 3 is 2.67 bits per heavy atom. The molecule has 24 heavy (non-hydrogen) atoms. The van der Waals surface area contributed by atoms with Gasteiger partial charge >= 0.3 is 0 Å². The molecule has 0 atom stereocenters. The van der Waals surface area contributed by atoms with Crippen LogP contribution in [0.25, 0.3) is 5.78 Å². The molecule has 1 aliphatic rings. The number of likely N-dealkylation sites (tertiary alicyclic amines) is 1. The lowest BCUT2D eigenvalue weighted by Crippen LogP contribution is -2.31. The highest BCUT2D eigenvalue weighted by atomic mass is 16.2. The van der Waals surface area contributed by atoms with Gasteiger partial charge in [-0.25, -0.2) is 9.50 Å². The number of nitrogens with one attached hydrogen (secondary N) is 1. The molecule has 1 amide bonds. The van der Waals surface area contributed by atoms with Crippen LogP contribution in [0.2, 0.25) is 0 Å². The summed E-state index contributed by atoms with van der Waals surface area (Å²) in [6.45, 7) is 7.90. The summed E-state index contributed by atoms with van der Waals surface area (Å²) in [6, 6.07) is 1.92. The fourth-order valence-electron chi connectivity index (χ4n) is 3.21. The SMILES string of the molecule is Cc1cc(C)n2nc(C(=O)NCCCN3CCCCCC3)nc2n1. The number of nitrogens with zero attached hydrogens (tertiary/aromatic N) is 5. The number of hydrogen-bond donors (Lipinski definition) is 1. The van der Waals surface area contributed by atoms with E-state index in [4.69, 9.17) is 0 Å². The molecule has 3 rings (SSSR count). The predicted octanol–water partition coefficient (Wildman–Crippen LogP) is 1.74. The summed E-state index contributed by atoms with van der Waals surface area (Å²) in [6.07, 6.45) is 6.24. The van der Waals surface area contributed by atoms with E-state index < -0.39 is 0 Å². The van der Waals surface area contributed by atoms with Crippen LogP contribution in [-0.4, -0.2) is 56.6 Å². The monoisotopic (exact) mass is 330 g/mol. The van der Waals surface area contributed by atoms with Crippen LogP contribution < -0.4 is 5.32 Å². The van der Waals surface area contributed by atoms with E-state index in [0.29, 0.717) is 12.3 Å². The van der Waals surface area contributed by atoms with Crippen LogP contribution in [0.5, 0.6) is 0 Å². The van der Waals surface area contributed by atoms with Gasteiger partial charge in [0.15, 0.2) is 0 Å². The van der Waals surface area contributed by atoms with Crippen molar-refractivity contribution in [2.24, 2.45) is 0 Å². The molecule has 1 N–H and O–H groups in total. The van der Waals surface area contributed by atoms with Crippen molar-refractivity contribution in [3.05, 3.63) is 23.3 Å². The number of amides is 1. The van der Waals surface area contributed by atoms with E-state index in [9.17, 15) is 4.79 Å². The zero-order chi connectivity index (χ0) is 16.9. The third-order valence-corrected chi connectivity index (χ3v) is 4.46. The minimum absolute atomic E-state index is 0.186. The van der Waals surface area contributed by atoms with Gasteiger partial charge in [0.05, 0.1) is 0 Å². The molecule has 0 spiro atoms. The third kappa shape index (κ3) is 4.08. The Balaban J connectivity index is 1.51. The molecule has 0 aromatic carbocycles. The summed E-state index contributed by atoms with van der Waals surface area (Å²) in [5, 5.41) is 7.17. The Labute approximate surface area is 142 Å². The van der Waals surface area contributed by atoms with Gasteiger partial charge in [-0.15, -0.1) is 5.10 Å². The molecule has 130 valence electrons. The second-order valence-electron chi connectivity index (χ2n) is 6.55. The summed E-state index contributed by atoms with van der Waals surface area (Å²) in [4.78, 5) is 23.3. The molecule has 7 nitrogen and oxygen atoms in total. The minimum Gasteiger partial charge on any atom is -0.349 e. The van der Waals surface area contributed by atoms with Gasteiger partial charge in [0.1, 0.15) is 0 Å². The van der Waals surface area contributed by atoms with Gasteiger partial charge in [-0.05, 0) is 58.8 Å². The second kappa shape index (κ2) is 7.70.